The van der Waals surface area contributed by atoms with Crippen molar-refractivity contribution in [3.63, 3.8) is 0 Å². The van der Waals surface area contributed by atoms with Crippen LogP contribution in [0.4, 0.5) is 5.69 Å². The average Bonchev–Trinajstić information content (AvgIpc) is 2.29. The molecule has 1 rings (SSSR count). The number of hydrogen-bond donors (Lipinski definition) is 2. The highest BCUT2D eigenvalue weighted by Gasteiger charge is 2.05. The first kappa shape index (κ1) is 12.1. The Morgan fingerprint density at radius 1 is 1.50 bits per heavy atom. The van der Waals surface area contributed by atoms with Crippen LogP contribution < -0.4 is 10.6 Å². The summed E-state index contributed by atoms with van der Waals surface area (Å²) >= 11 is 0. The molecule has 1 amide bonds. The zero-order chi connectivity index (χ0) is 12.0. The van der Waals surface area contributed by atoms with E-state index < -0.39 is 4.92 Å². The minimum absolute atomic E-state index is 0.0549. The van der Waals surface area contributed by atoms with Gasteiger partial charge in [0, 0.05) is 25.7 Å². The minimum atomic E-state index is -0.442. The van der Waals surface area contributed by atoms with Crippen LogP contribution in [0.25, 0.3) is 0 Å². The summed E-state index contributed by atoms with van der Waals surface area (Å²) in [5.41, 5.74) is 0.831. The maximum Gasteiger partial charge on any atom is 0.269 e. The molecule has 86 valence electrons. The molecule has 0 aliphatic rings. The van der Waals surface area contributed by atoms with Crippen molar-refractivity contribution in [2.75, 3.05) is 13.6 Å². The molecule has 0 spiro atoms. The van der Waals surface area contributed by atoms with Gasteiger partial charge in [-0.05, 0) is 5.56 Å². The van der Waals surface area contributed by atoms with E-state index in [1.54, 1.807) is 19.2 Å². The fraction of sp³-hybridized carbons (Fsp3) is 0.300. The van der Waals surface area contributed by atoms with Gasteiger partial charge in [0.05, 0.1) is 11.5 Å². The van der Waals surface area contributed by atoms with E-state index in [1.807, 2.05) is 0 Å². The van der Waals surface area contributed by atoms with Crippen molar-refractivity contribution in [2.45, 2.75) is 6.54 Å². The molecule has 0 saturated carbocycles. The van der Waals surface area contributed by atoms with E-state index in [0.29, 0.717) is 6.54 Å². The molecule has 0 aliphatic carbocycles. The standard InChI is InChI=1S/C10H13N3O3/c1-11-10(14)7-12-6-8-3-2-4-9(5-8)13(15)16/h2-5,12H,6-7H2,1H3,(H,11,14). The SMILES string of the molecule is CNC(=O)CNCc1cccc([N+](=O)[O-])c1. The monoisotopic (exact) mass is 223 g/mol. The van der Waals surface area contributed by atoms with E-state index >= 15 is 0 Å². The van der Waals surface area contributed by atoms with Crippen molar-refractivity contribution < 1.29 is 9.72 Å². The van der Waals surface area contributed by atoms with Crippen LogP contribution >= 0.6 is 0 Å². The Labute approximate surface area is 92.8 Å². The van der Waals surface area contributed by atoms with Gasteiger partial charge in [-0.15, -0.1) is 0 Å². The second-order valence-corrected chi connectivity index (χ2v) is 3.20. The van der Waals surface area contributed by atoms with Crippen molar-refractivity contribution in [3.05, 3.63) is 39.9 Å². The summed E-state index contributed by atoms with van der Waals surface area (Å²) in [4.78, 5) is 21.0. The van der Waals surface area contributed by atoms with Crippen molar-refractivity contribution in [1.29, 1.82) is 0 Å². The smallest absolute Gasteiger partial charge is 0.269 e. The summed E-state index contributed by atoms with van der Waals surface area (Å²) in [6.45, 7) is 0.619. The van der Waals surface area contributed by atoms with Gasteiger partial charge in [0.25, 0.3) is 5.69 Å². The predicted octanol–water partition coefficient (Wildman–Crippen LogP) is 0.430. The maximum absolute atomic E-state index is 10.9. The molecule has 0 bridgehead atoms. The molecule has 1 aromatic rings. The normalized spacial score (nSPS) is 9.81. The van der Waals surface area contributed by atoms with Crippen LogP contribution in [0.15, 0.2) is 24.3 Å². The highest BCUT2D eigenvalue weighted by atomic mass is 16.6. The predicted molar refractivity (Wildman–Crippen MR) is 58.9 cm³/mol. The van der Waals surface area contributed by atoms with Crippen molar-refractivity contribution >= 4 is 11.6 Å². The summed E-state index contributed by atoms with van der Waals surface area (Å²) in [5.74, 6) is -0.120. The van der Waals surface area contributed by atoms with Gasteiger partial charge < -0.3 is 10.6 Å². The lowest BCUT2D eigenvalue weighted by Gasteiger charge is -2.03. The summed E-state index contributed by atoms with van der Waals surface area (Å²) < 4.78 is 0. The molecule has 0 atom stereocenters. The average molecular weight is 223 g/mol. The fourth-order valence-electron chi connectivity index (χ4n) is 1.19. The maximum atomic E-state index is 10.9. The number of non-ortho nitro benzene ring substituents is 1. The Bertz CT molecular complexity index is 393. The highest BCUT2D eigenvalue weighted by molar-refractivity contribution is 5.77. The molecule has 0 aromatic heterocycles. The lowest BCUT2D eigenvalue weighted by molar-refractivity contribution is -0.384. The minimum Gasteiger partial charge on any atom is -0.358 e. The van der Waals surface area contributed by atoms with Gasteiger partial charge in [-0.2, -0.15) is 0 Å². The molecule has 0 unspecified atom stereocenters. The third-order valence-electron chi connectivity index (χ3n) is 2.01. The molecule has 1 aromatic carbocycles. The molecule has 16 heavy (non-hydrogen) atoms. The quantitative estimate of drug-likeness (QED) is 0.560. The van der Waals surface area contributed by atoms with Crippen LogP contribution in [-0.4, -0.2) is 24.4 Å². The number of nitro groups is 1. The number of likely N-dealkylation sites (N-methyl/N-ethyl adjacent to an activating group) is 1. The van der Waals surface area contributed by atoms with Gasteiger partial charge in [0.2, 0.25) is 5.91 Å². The van der Waals surface area contributed by atoms with E-state index in [-0.39, 0.29) is 18.1 Å². The van der Waals surface area contributed by atoms with Crippen LogP contribution in [0.2, 0.25) is 0 Å². The molecule has 2 N–H and O–H groups in total. The summed E-state index contributed by atoms with van der Waals surface area (Å²) in [6.07, 6.45) is 0. The Morgan fingerprint density at radius 3 is 2.88 bits per heavy atom. The first-order valence-corrected chi connectivity index (χ1v) is 4.78. The highest BCUT2D eigenvalue weighted by Crippen LogP contribution is 2.12. The number of benzene rings is 1. The van der Waals surface area contributed by atoms with Crippen LogP contribution in [0.3, 0.4) is 0 Å². The Balaban J connectivity index is 2.51. The molecular weight excluding hydrogens is 210 g/mol. The van der Waals surface area contributed by atoms with Gasteiger partial charge in [-0.3, -0.25) is 14.9 Å². The first-order chi connectivity index (χ1) is 7.63. The van der Waals surface area contributed by atoms with Gasteiger partial charge >= 0.3 is 0 Å². The zero-order valence-corrected chi connectivity index (χ0v) is 8.90. The van der Waals surface area contributed by atoms with E-state index in [2.05, 4.69) is 10.6 Å². The van der Waals surface area contributed by atoms with Crippen LogP contribution in [0.5, 0.6) is 0 Å². The van der Waals surface area contributed by atoms with Crippen molar-refractivity contribution in [1.82, 2.24) is 10.6 Å². The van der Waals surface area contributed by atoms with Gasteiger partial charge in [0.15, 0.2) is 0 Å². The van der Waals surface area contributed by atoms with Crippen LogP contribution in [-0.2, 0) is 11.3 Å². The van der Waals surface area contributed by atoms with Crippen molar-refractivity contribution in [2.24, 2.45) is 0 Å². The van der Waals surface area contributed by atoms with Gasteiger partial charge in [-0.25, -0.2) is 0 Å². The third-order valence-corrected chi connectivity index (χ3v) is 2.01. The third kappa shape index (κ3) is 3.66. The zero-order valence-electron chi connectivity index (χ0n) is 8.90. The van der Waals surface area contributed by atoms with Gasteiger partial charge in [-0.1, -0.05) is 12.1 Å². The lowest BCUT2D eigenvalue weighted by atomic mass is 10.2. The second-order valence-electron chi connectivity index (χ2n) is 3.20. The molecule has 0 radical (unpaired) electrons. The fourth-order valence-corrected chi connectivity index (χ4v) is 1.19. The number of nitrogens with zero attached hydrogens (tertiary/aromatic N) is 1. The van der Waals surface area contributed by atoms with E-state index in [4.69, 9.17) is 0 Å². The Morgan fingerprint density at radius 2 is 2.25 bits per heavy atom. The van der Waals surface area contributed by atoms with E-state index in [9.17, 15) is 14.9 Å². The summed E-state index contributed by atoms with van der Waals surface area (Å²) in [7, 11) is 1.55. The number of nitrogens with one attached hydrogen (secondary N) is 2. The number of carbonyl (C=O) groups excluding carboxylic acids is 1. The van der Waals surface area contributed by atoms with E-state index in [1.165, 1.54) is 12.1 Å². The Hall–Kier alpha value is -1.95. The number of hydrogen-bond acceptors (Lipinski definition) is 4. The molecular formula is C10H13N3O3. The molecule has 0 saturated heterocycles. The second kappa shape index (κ2) is 5.82. The topological polar surface area (TPSA) is 84.3 Å². The first-order valence-electron chi connectivity index (χ1n) is 4.78. The summed E-state index contributed by atoms with van der Waals surface area (Å²) in [6, 6.07) is 6.30. The molecule has 0 heterocycles. The molecule has 0 aliphatic heterocycles. The molecule has 6 nitrogen and oxygen atoms in total. The number of amides is 1. The van der Waals surface area contributed by atoms with Gasteiger partial charge in [0.1, 0.15) is 0 Å². The Kier molecular flexibility index (Phi) is 4.41. The summed E-state index contributed by atoms with van der Waals surface area (Å²) in [5, 5.41) is 15.9. The largest absolute Gasteiger partial charge is 0.358 e. The molecule has 6 heteroatoms. The van der Waals surface area contributed by atoms with Crippen LogP contribution in [0, 0.1) is 10.1 Å². The van der Waals surface area contributed by atoms with E-state index in [0.717, 1.165) is 5.56 Å². The van der Waals surface area contributed by atoms with Crippen LogP contribution in [0.1, 0.15) is 5.56 Å². The lowest BCUT2D eigenvalue weighted by Crippen LogP contribution is -2.30. The molecule has 0 fully saturated rings. The number of nitro benzene ring substituents is 1. The van der Waals surface area contributed by atoms with Crippen molar-refractivity contribution in [3.8, 4) is 0 Å². The number of rotatable bonds is 5. The number of carbonyl (C=O) groups is 1.